The number of carbonyl (C=O) groups is 1. The second-order valence-electron chi connectivity index (χ2n) is 6.97. The van der Waals surface area contributed by atoms with Gasteiger partial charge in [0, 0.05) is 17.5 Å². The maximum Gasteiger partial charge on any atom is 0.234 e. The number of fused-ring (bicyclic) bond motifs is 1. The molecule has 6 heteroatoms. The van der Waals surface area contributed by atoms with Crippen molar-refractivity contribution in [3.63, 3.8) is 0 Å². The van der Waals surface area contributed by atoms with E-state index in [0.717, 1.165) is 37.0 Å². The lowest BCUT2D eigenvalue weighted by Crippen LogP contribution is -2.41. The molecule has 1 amide bonds. The fourth-order valence-corrected chi connectivity index (χ4v) is 4.73. The molecule has 27 heavy (non-hydrogen) atoms. The summed E-state index contributed by atoms with van der Waals surface area (Å²) in [5.74, 6) is 0.583. The fraction of sp³-hybridized carbons (Fsp3) is 0.333. The van der Waals surface area contributed by atoms with Crippen LogP contribution in [-0.4, -0.2) is 35.4 Å². The number of aromatic nitrogens is 1. The molecule has 140 valence electrons. The van der Waals surface area contributed by atoms with Crippen LogP contribution in [0, 0.1) is 0 Å². The van der Waals surface area contributed by atoms with Gasteiger partial charge in [0.15, 0.2) is 0 Å². The van der Waals surface area contributed by atoms with Gasteiger partial charge in [-0.2, -0.15) is 0 Å². The van der Waals surface area contributed by atoms with Crippen molar-refractivity contribution in [2.75, 3.05) is 19.6 Å². The molecule has 2 aromatic carbocycles. The van der Waals surface area contributed by atoms with Gasteiger partial charge in [-0.05, 0) is 55.8 Å². The third-order valence-corrected chi connectivity index (χ3v) is 6.47. The Morgan fingerprint density at radius 1 is 1.15 bits per heavy atom. The molecule has 0 radical (unpaired) electrons. The van der Waals surface area contributed by atoms with Crippen molar-refractivity contribution in [3.8, 4) is 0 Å². The lowest BCUT2D eigenvalue weighted by Gasteiger charge is -2.30. The van der Waals surface area contributed by atoms with Gasteiger partial charge in [0.2, 0.25) is 5.91 Å². The highest BCUT2D eigenvalue weighted by Gasteiger charge is 2.24. The van der Waals surface area contributed by atoms with Crippen molar-refractivity contribution in [2.45, 2.75) is 25.3 Å². The number of hydrogen-bond donors (Lipinski definition) is 1. The van der Waals surface area contributed by atoms with Crippen molar-refractivity contribution in [1.29, 1.82) is 0 Å². The number of nitrogens with zero attached hydrogens (tertiary/aromatic N) is 2. The van der Waals surface area contributed by atoms with Gasteiger partial charge < -0.3 is 5.32 Å². The molecule has 1 aromatic heterocycles. The summed E-state index contributed by atoms with van der Waals surface area (Å²) in [6.07, 6.45) is 2.12. The zero-order valence-electron chi connectivity index (χ0n) is 15.0. The van der Waals surface area contributed by atoms with Crippen molar-refractivity contribution < 1.29 is 4.79 Å². The molecule has 2 heterocycles. The monoisotopic (exact) mass is 399 g/mol. The quantitative estimate of drug-likeness (QED) is 0.689. The van der Waals surface area contributed by atoms with Crippen LogP contribution in [0.2, 0.25) is 5.02 Å². The van der Waals surface area contributed by atoms with Gasteiger partial charge in [0.05, 0.1) is 21.8 Å². The minimum Gasteiger partial charge on any atom is -0.351 e. The average Bonchev–Trinajstić information content (AvgIpc) is 3.12. The summed E-state index contributed by atoms with van der Waals surface area (Å²) in [7, 11) is 0. The van der Waals surface area contributed by atoms with Crippen molar-refractivity contribution in [1.82, 2.24) is 15.2 Å². The lowest BCUT2D eigenvalue weighted by molar-refractivity contribution is -0.122. The molecule has 3 aromatic rings. The van der Waals surface area contributed by atoms with Crippen LogP contribution in [0.4, 0.5) is 0 Å². The van der Waals surface area contributed by atoms with Gasteiger partial charge in [-0.15, -0.1) is 11.3 Å². The molecule has 0 aliphatic carbocycles. The zero-order chi connectivity index (χ0) is 18.6. The van der Waals surface area contributed by atoms with E-state index >= 15 is 0 Å². The Balaban J connectivity index is 1.25. The second kappa shape index (κ2) is 8.38. The van der Waals surface area contributed by atoms with Crippen molar-refractivity contribution in [2.24, 2.45) is 0 Å². The van der Waals surface area contributed by atoms with Gasteiger partial charge in [0.25, 0.3) is 0 Å². The first-order valence-electron chi connectivity index (χ1n) is 9.26. The molecule has 0 atom stereocenters. The number of amides is 1. The third-order valence-electron chi connectivity index (χ3n) is 5.02. The van der Waals surface area contributed by atoms with Crippen molar-refractivity contribution >= 4 is 39.1 Å². The smallest absolute Gasteiger partial charge is 0.234 e. The molecule has 1 aliphatic rings. The minimum absolute atomic E-state index is 0.0726. The van der Waals surface area contributed by atoms with E-state index in [1.807, 2.05) is 41.7 Å². The number of nitrogens with one attached hydrogen (secondary N) is 1. The van der Waals surface area contributed by atoms with E-state index in [1.165, 1.54) is 9.71 Å². The molecule has 0 bridgehead atoms. The minimum atomic E-state index is 0.0726. The highest BCUT2D eigenvalue weighted by molar-refractivity contribution is 7.18. The molecule has 1 saturated heterocycles. The molecule has 1 fully saturated rings. The third kappa shape index (κ3) is 4.67. The van der Waals surface area contributed by atoms with E-state index in [4.69, 9.17) is 16.6 Å². The predicted octanol–water partition coefficient (Wildman–Crippen LogP) is 4.45. The van der Waals surface area contributed by atoms with E-state index in [-0.39, 0.29) is 5.91 Å². The second-order valence-corrected chi connectivity index (χ2v) is 8.47. The Kier molecular flexibility index (Phi) is 5.72. The summed E-state index contributed by atoms with van der Waals surface area (Å²) >= 11 is 7.69. The number of likely N-dealkylation sites (tertiary alicyclic amines) is 1. The first kappa shape index (κ1) is 18.4. The molecule has 4 nitrogen and oxygen atoms in total. The van der Waals surface area contributed by atoms with Crippen LogP contribution in [0.1, 0.15) is 29.3 Å². The maximum atomic E-state index is 12.2. The highest BCUT2D eigenvalue weighted by atomic mass is 35.5. The first-order valence-corrected chi connectivity index (χ1v) is 10.5. The Morgan fingerprint density at radius 3 is 2.63 bits per heavy atom. The van der Waals surface area contributed by atoms with Crippen LogP contribution >= 0.6 is 22.9 Å². The van der Waals surface area contributed by atoms with Crippen LogP contribution in [-0.2, 0) is 11.3 Å². The number of rotatable bonds is 5. The van der Waals surface area contributed by atoms with E-state index in [1.54, 1.807) is 0 Å². The number of para-hydroxylation sites is 1. The van der Waals surface area contributed by atoms with Crippen molar-refractivity contribution in [3.05, 3.63) is 64.1 Å². The fourth-order valence-electron chi connectivity index (χ4n) is 3.46. The van der Waals surface area contributed by atoms with Crippen LogP contribution in [0.15, 0.2) is 48.5 Å². The van der Waals surface area contributed by atoms with Crippen LogP contribution in [0.3, 0.4) is 0 Å². The molecule has 0 spiro atoms. The Bertz CT molecular complexity index is 884. The number of thiazole rings is 1. The summed E-state index contributed by atoms with van der Waals surface area (Å²) in [5.41, 5.74) is 2.16. The van der Waals surface area contributed by atoms with Gasteiger partial charge >= 0.3 is 0 Å². The molecular formula is C21H22ClN3OS. The highest BCUT2D eigenvalue weighted by Crippen LogP contribution is 2.33. The van der Waals surface area contributed by atoms with Gasteiger partial charge in [-0.25, -0.2) is 4.98 Å². The Morgan fingerprint density at radius 2 is 1.89 bits per heavy atom. The molecule has 0 saturated carbocycles. The summed E-state index contributed by atoms with van der Waals surface area (Å²) in [6.45, 7) is 2.88. The van der Waals surface area contributed by atoms with E-state index in [0.29, 0.717) is 24.0 Å². The SMILES string of the molecule is O=C(CN1CCC(c2nc3ccccc3s2)CC1)NCc1ccc(Cl)cc1. The number of hydrogen-bond acceptors (Lipinski definition) is 4. The normalized spacial score (nSPS) is 15.9. The predicted molar refractivity (Wildman–Crippen MR) is 111 cm³/mol. The summed E-state index contributed by atoms with van der Waals surface area (Å²) < 4.78 is 1.26. The molecular weight excluding hydrogens is 378 g/mol. The topological polar surface area (TPSA) is 45.2 Å². The van der Waals surface area contributed by atoms with Gasteiger partial charge in [-0.3, -0.25) is 9.69 Å². The number of piperidine rings is 1. The standard InChI is InChI=1S/C21H22ClN3OS/c22-17-7-5-15(6-8-17)13-23-20(26)14-25-11-9-16(10-12-25)21-24-18-3-1-2-4-19(18)27-21/h1-8,16H,9-14H2,(H,23,26). The van der Waals surface area contributed by atoms with E-state index in [2.05, 4.69) is 28.4 Å². The lowest BCUT2D eigenvalue weighted by atomic mass is 9.97. The molecule has 0 unspecified atom stereocenters. The average molecular weight is 400 g/mol. The summed E-state index contributed by atoms with van der Waals surface area (Å²) in [5, 5.41) is 4.94. The summed E-state index contributed by atoms with van der Waals surface area (Å²) in [4.78, 5) is 19.3. The summed E-state index contributed by atoms with van der Waals surface area (Å²) in [6, 6.07) is 15.9. The van der Waals surface area contributed by atoms with E-state index in [9.17, 15) is 4.79 Å². The first-order chi connectivity index (χ1) is 13.2. The molecule has 1 N–H and O–H groups in total. The molecule has 1 aliphatic heterocycles. The number of carbonyl (C=O) groups excluding carboxylic acids is 1. The van der Waals surface area contributed by atoms with E-state index < -0.39 is 0 Å². The Labute approximate surface area is 168 Å². The largest absolute Gasteiger partial charge is 0.351 e. The molecule has 4 rings (SSSR count). The van der Waals surface area contributed by atoms with Crippen LogP contribution in [0.25, 0.3) is 10.2 Å². The zero-order valence-corrected chi connectivity index (χ0v) is 16.6. The van der Waals surface area contributed by atoms with Gasteiger partial charge in [-0.1, -0.05) is 35.9 Å². The van der Waals surface area contributed by atoms with Crippen LogP contribution < -0.4 is 5.32 Å². The number of halogens is 1. The maximum absolute atomic E-state index is 12.2. The van der Waals surface area contributed by atoms with Crippen LogP contribution in [0.5, 0.6) is 0 Å². The Hall–Kier alpha value is -1.95. The van der Waals surface area contributed by atoms with Gasteiger partial charge in [0.1, 0.15) is 0 Å². The number of benzene rings is 2.